The fourth-order valence-electron chi connectivity index (χ4n) is 3.98. The summed E-state index contributed by atoms with van der Waals surface area (Å²) in [5.41, 5.74) is 3.11. The van der Waals surface area contributed by atoms with E-state index in [4.69, 9.17) is 4.74 Å². The van der Waals surface area contributed by atoms with E-state index in [0.29, 0.717) is 45.8 Å². The maximum absolute atomic E-state index is 12.7. The number of likely N-dealkylation sites (tertiary alicyclic amines) is 1. The molecule has 7 heteroatoms. The molecular weight excluding hydrogens is 386 g/mol. The topological polar surface area (TPSA) is 62.7 Å². The highest BCUT2D eigenvalue weighted by Gasteiger charge is 2.31. The molecule has 0 unspecified atom stereocenters. The molecule has 4 rings (SSSR count). The normalized spacial score (nSPS) is 18.1. The molecule has 0 bridgehead atoms. The van der Waals surface area contributed by atoms with Crippen LogP contribution in [0.4, 0.5) is 0 Å². The maximum Gasteiger partial charge on any atom is 0.228 e. The molecule has 0 atom stereocenters. The fourth-order valence-corrected chi connectivity index (χ4v) is 4.80. The largest absolute Gasteiger partial charge is 0.378 e. The van der Waals surface area contributed by atoms with Crippen molar-refractivity contribution in [3.05, 3.63) is 40.9 Å². The fraction of sp³-hybridized carbons (Fsp3) is 0.500. The van der Waals surface area contributed by atoms with E-state index in [9.17, 15) is 9.59 Å². The number of benzene rings is 1. The van der Waals surface area contributed by atoms with Gasteiger partial charge in [0.25, 0.3) is 0 Å². The summed E-state index contributed by atoms with van der Waals surface area (Å²) in [4.78, 5) is 33.8. The maximum atomic E-state index is 12.7. The Hall–Kier alpha value is -2.25. The highest BCUT2D eigenvalue weighted by molar-refractivity contribution is 7.13. The molecule has 2 aromatic rings. The second-order valence-corrected chi connectivity index (χ2v) is 8.64. The minimum Gasteiger partial charge on any atom is -0.378 e. The van der Waals surface area contributed by atoms with Gasteiger partial charge < -0.3 is 14.5 Å². The average Bonchev–Trinajstić information content (AvgIpc) is 3.22. The average molecular weight is 414 g/mol. The molecule has 2 fully saturated rings. The number of amides is 2. The first-order valence-electron chi connectivity index (χ1n) is 10.3. The van der Waals surface area contributed by atoms with Crippen LogP contribution in [0.5, 0.6) is 0 Å². The molecule has 0 aliphatic carbocycles. The predicted molar refractivity (Wildman–Crippen MR) is 113 cm³/mol. The lowest BCUT2D eigenvalue weighted by Gasteiger charge is -2.35. The van der Waals surface area contributed by atoms with Crippen LogP contribution in [0.3, 0.4) is 0 Å². The van der Waals surface area contributed by atoms with Crippen LogP contribution in [0.2, 0.25) is 0 Å². The van der Waals surface area contributed by atoms with E-state index in [2.05, 4.69) is 24.0 Å². The van der Waals surface area contributed by atoms with E-state index in [1.165, 1.54) is 5.56 Å². The molecule has 29 heavy (non-hydrogen) atoms. The van der Waals surface area contributed by atoms with E-state index in [0.717, 1.165) is 29.1 Å². The zero-order chi connectivity index (χ0) is 20.2. The van der Waals surface area contributed by atoms with E-state index in [1.54, 1.807) is 11.3 Å². The van der Waals surface area contributed by atoms with Gasteiger partial charge in [0.15, 0.2) is 0 Å². The van der Waals surface area contributed by atoms with E-state index < -0.39 is 0 Å². The van der Waals surface area contributed by atoms with Crippen LogP contribution in [0.15, 0.2) is 29.6 Å². The van der Waals surface area contributed by atoms with Gasteiger partial charge in [-0.1, -0.05) is 23.8 Å². The van der Waals surface area contributed by atoms with Crippen LogP contribution < -0.4 is 0 Å². The van der Waals surface area contributed by atoms with Crippen LogP contribution in [0.1, 0.15) is 24.1 Å². The quantitative estimate of drug-likeness (QED) is 0.773. The molecule has 154 valence electrons. The second kappa shape index (κ2) is 9.05. The minimum atomic E-state index is 0.0318. The zero-order valence-electron chi connectivity index (χ0n) is 16.8. The second-order valence-electron chi connectivity index (χ2n) is 7.78. The summed E-state index contributed by atoms with van der Waals surface area (Å²) in [6, 6.07) is 8.25. The first-order valence-corrected chi connectivity index (χ1v) is 11.1. The summed E-state index contributed by atoms with van der Waals surface area (Å²) in [5, 5.41) is 2.93. The van der Waals surface area contributed by atoms with Gasteiger partial charge in [-0.25, -0.2) is 4.98 Å². The van der Waals surface area contributed by atoms with Crippen molar-refractivity contribution in [2.45, 2.75) is 26.2 Å². The Morgan fingerprint density at radius 1 is 1.14 bits per heavy atom. The van der Waals surface area contributed by atoms with Crippen molar-refractivity contribution < 1.29 is 14.3 Å². The van der Waals surface area contributed by atoms with Gasteiger partial charge in [0.05, 0.1) is 25.3 Å². The van der Waals surface area contributed by atoms with Gasteiger partial charge in [-0.05, 0) is 25.8 Å². The third-order valence-corrected chi connectivity index (χ3v) is 6.61. The molecule has 2 saturated heterocycles. The van der Waals surface area contributed by atoms with Crippen LogP contribution in [-0.2, 0) is 20.7 Å². The number of hydrogen-bond donors (Lipinski definition) is 0. The van der Waals surface area contributed by atoms with E-state index in [1.807, 2.05) is 27.3 Å². The first kappa shape index (κ1) is 20.0. The summed E-state index contributed by atoms with van der Waals surface area (Å²) in [5.74, 6) is 0.357. The van der Waals surface area contributed by atoms with Crippen LogP contribution in [-0.4, -0.2) is 66.0 Å². The summed E-state index contributed by atoms with van der Waals surface area (Å²) in [7, 11) is 0. The van der Waals surface area contributed by atoms with Crippen molar-refractivity contribution in [2.24, 2.45) is 5.92 Å². The lowest BCUT2D eigenvalue weighted by molar-refractivity contribution is -0.143. The molecule has 0 saturated carbocycles. The summed E-state index contributed by atoms with van der Waals surface area (Å²) in [6.45, 7) is 5.98. The van der Waals surface area contributed by atoms with Gasteiger partial charge in [-0.2, -0.15) is 0 Å². The van der Waals surface area contributed by atoms with Gasteiger partial charge in [0, 0.05) is 43.0 Å². The molecule has 2 aliphatic rings. The molecule has 0 N–H and O–H groups in total. The van der Waals surface area contributed by atoms with E-state index >= 15 is 0 Å². The van der Waals surface area contributed by atoms with Crippen molar-refractivity contribution in [1.29, 1.82) is 0 Å². The zero-order valence-corrected chi connectivity index (χ0v) is 17.6. The first-order chi connectivity index (χ1) is 14.1. The van der Waals surface area contributed by atoms with Gasteiger partial charge in [-0.15, -0.1) is 11.3 Å². The van der Waals surface area contributed by atoms with Crippen molar-refractivity contribution in [1.82, 2.24) is 14.8 Å². The molecule has 1 aromatic carbocycles. The highest BCUT2D eigenvalue weighted by Crippen LogP contribution is 2.25. The number of morpholine rings is 1. The Morgan fingerprint density at radius 3 is 2.62 bits per heavy atom. The number of nitrogens with zero attached hydrogens (tertiary/aromatic N) is 3. The molecule has 6 nitrogen and oxygen atoms in total. The van der Waals surface area contributed by atoms with Gasteiger partial charge in [0.2, 0.25) is 11.8 Å². The van der Waals surface area contributed by atoms with Crippen molar-refractivity contribution in [3.63, 3.8) is 0 Å². The lowest BCUT2D eigenvalue weighted by Crippen LogP contribution is -2.47. The molecule has 2 amide bonds. The number of ether oxygens (including phenoxy) is 1. The smallest absolute Gasteiger partial charge is 0.228 e. The SMILES string of the molecule is Cc1cccc(-c2nc(CC(=O)N3CCC(C(=O)N4CCOCC4)CC3)cs2)c1. The summed E-state index contributed by atoms with van der Waals surface area (Å²) < 4.78 is 5.33. The van der Waals surface area contributed by atoms with Crippen LogP contribution >= 0.6 is 11.3 Å². The number of rotatable bonds is 4. The van der Waals surface area contributed by atoms with Crippen molar-refractivity contribution in [2.75, 3.05) is 39.4 Å². The van der Waals surface area contributed by atoms with Crippen LogP contribution in [0, 0.1) is 12.8 Å². The Kier molecular flexibility index (Phi) is 6.25. The highest BCUT2D eigenvalue weighted by atomic mass is 32.1. The Balaban J connectivity index is 1.29. The third kappa shape index (κ3) is 4.85. The number of hydrogen-bond acceptors (Lipinski definition) is 5. The molecule has 2 aliphatic heterocycles. The summed E-state index contributed by atoms with van der Waals surface area (Å²) in [6.07, 6.45) is 1.81. The van der Waals surface area contributed by atoms with Crippen molar-refractivity contribution in [3.8, 4) is 10.6 Å². The molecule has 0 spiro atoms. The molecule has 0 radical (unpaired) electrons. The number of carbonyl (C=O) groups is 2. The minimum absolute atomic E-state index is 0.0318. The summed E-state index contributed by atoms with van der Waals surface area (Å²) >= 11 is 1.58. The molecule has 1 aromatic heterocycles. The Labute approximate surface area is 175 Å². The third-order valence-electron chi connectivity index (χ3n) is 5.67. The monoisotopic (exact) mass is 413 g/mol. The standard InChI is InChI=1S/C22H27N3O3S/c1-16-3-2-4-18(13-16)21-23-19(15-29-21)14-20(26)24-7-5-17(6-8-24)22(27)25-9-11-28-12-10-25/h2-4,13,15,17H,5-12,14H2,1H3. The Bertz CT molecular complexity index is 868. The predicted octanol–water partition coefficient (Wildman–Crippen LogP) is 2.76. The molecule has 3 heterocycles. The molecular formula is C22H27N3O3S. The van der Waals surface area contributed by atoms with E-state index in [-0.39, 0.29) is 17.7 Å². The van der Waals surface area contributed by atoms with Crippen molar-refractivity contribution >= 4 is 23.2 Å². The number of aryl methyl sites for hydroxylation is 1. The van der Waals surface area contributed by atoms with Gasteiger partial charge >= 0.3 is 0 Å². The van der Waals surface area contributed by atoms with Gasteiger partial charge in [-0.3, -0.25) is 9.59 Å². The number of aromatic nitrogens is 1. The number of thiazole rings is 1. The lowest BCUT2D eigenvalue weighted by atomic mass is 9.95. The van der Waals surface area contributed by atoms with Crippen LogP contribution in [0.25, 0.3) is 10.6 Å². The number of piperidine rings is 1. The van der Waals surface area contributed by atoms with Gasteiger partial charge in [0.1, 0.15) is 5.01 Å². The number of carbonyl (C=O) groups excluding carboxylic acids is 2. The Morgan fingerprint density at radius 2 is 1.90 bits per heavy atom.